The Kier molecular flexibility index (Phi) is 10.2. The molecule has 0 unspecified atom stereocenters. The molecule has 0 heterocycles. The monoisotopic (exact) mass is 567 g/mol. The number of sulfonamides is 1. The first-order valence-electron chi connectivity index (χ1n) is 12.8. The second-order valence-corrected chi connectivity index (χ2v) is 12.6. The minimum atomic E-state index is -4.09. The molecule has 208 valence electrons. The van der Waals surface area contributed by atoms with Crippen molar-refractivity contribution in [2.24, 2.45) is 0 Å². The number of nitrogens with one attached hydrogen (secondary N) is 1. The Morgan fingerprint density at radius 3 is 2.10 bits per heavy atom. The topological polar surface area (TPSA) is 86.8 Å². The maximum atomic E-state index is 13.9. The Morgan fingerprint density at radius 1 is 0.897 bits per heavy atom. The van der Waals surface area contributed by atoms with Crippen molar-refractivity contribution >= 4 is 39.3 Å². The molecule has 0 aliphatic heterocycles. The summed E-state index contributed by atoms with van der Waals surface area (Å²) < 4.78 is 28.9. The molecule has 0 saturated carbocycles. The normalized spacial score (nSPS) is 12.2. The zero-order valence-corrected chi connectivity index (χ0v) is 25.0. The quantitative estimate of drug-likeness (QED) is 0.324. The molecule has 3 rings (SSSR count). The highest BCUT2D eigenvalue weighted by atomic mass is 32.2. The summed E-state index contributed by atoms with van der Waals surface area (Å²) in [6.07, 6.45) is 1.92. The van der Waals surface area contributed by atoms with Crippen LogP contribution in [0.15, 0.2) is 82.6 Å². The summed E-state index contributed by atoms with van der Waals surface area (Å²) in [6.45, 7) is 8.94. The van der Waals surface area contributed by atoms with Crippen molar-refractivity contribution in [3.63, 3.8) is 0 Å². The van der Waals surface area contributed by atoms with Gasteiger partial charge in [0.15, 0.2) is 0 Å². The minimum Gasteiger partial charge on any atom is -0.352 e. The summed E-state index contributed by atoms with van der Waals surface area (Å²) in [5, 5.41) is 2.87. The van der Waals surface area contributed by atoms with Crippen molar-refractivity contribution in [1.29, 1.82) is 0 Å². The first-order valence-corrected chi connectivity index (χ1v) is 15.5. The van der Waals surface area contributed by atoms with Crippen molar-refractivity contribution in [2.45, 2.75) is 63.0 Å². The van der Waals surface area contributed by atoms with Crippen molar-refractivity contribution in [2.75, 3.05) is 17.1 Å². The molecule has 0 aliphatic carbocycles. The lowest BCUT2D eigenvalue weighted by atomic mass is 10.1. The van der Waals surface area contributed by atoms with Gasteiger partial charge in [0.05, 0.1) is 10.6 Å². The highest BCUT2D eigenvalue weighted by molar-refractivity contribution is 7.98. The predicted molar refractivity (Wildman–Crippen MR) is 158 cm³/mol. The molecule has 0 bridgehead atoms. The third-order valence-electron chi connectivity index (χ3n) is 6.28. The highest BCUT2D eigenvalue weighted by Crippen LogP contribution is 2.26. The summed E-state index contributed by atoms with van der Waals surface area (Å²) in [7, 11) is -4.09. The zero-order chi connectivity index (χ0) is 28.7. The van der Waals surface area contributed by atoms with Gasteiger partial charge >= 0.3 is 0 Å². The smallest absolute Gasteiger partial charge is 0.264 e. The van der Waals surface area contributed by atoms with Crippen molar-refractivity contribution in [3.05, 3.63) is 89.5 Å². The summed E-state index contributed by atoms with van der Waals surface area (Å²) in [5.74, 6) is -0.781. The van der Waals surface area contributed by atoms with Gasteiger partial charge in [-0.1, -0.05) is 47.5 Å². The number of anilines is 1. The number of hydrogen-bond donors (Lipinski definition) is 1. The number of thioether (sulfide) groups is 1. The molecular formula is C30H37N3O4S2. The van der Waals surface area contributed by atoms with Gasteiger partial charge in [0, 0.05) is 17.5 Å². The van der Waals surface area contributed by atoms with Crippen LogP contribution in [0.4, 0.5) is 5.69 Å². The fourth-order valence-electron chi connectivity index (χ4n) is 4.11. The third-order valence-corrected chi connectivity index (χ3v) is 8.81. The van der Waals surface area contributed by atoms with E-state index in [1.165, 1.54) is 16.7 Å². The fraction of sp³-hybridized carbons (Fsp3) is 0.333. The number of carbonyl (C=O) groups excluding carboxylic acids is 2. The van der Waals surface area contributed by atoms with E-state index in [9.17, 15) is 18.0 Å². The van der Waals surface area contributed by atoms with Crippen LogP contribution in [0.25, 0.3) is 0 Å². The van der Waals surface area contributed by atoms with Crippen LogP contribution in [0.2, 0.25) is 0 Å². The van der Waals surface area contributed by atoms with Gasteiger partial charge in [0.1, 0.15) is 12.6 Å². The number of rotatable bonds is 11. The zero-order valence-electron chi connectivity index (χ0n) is 23.3. The van der Waals surface area contributed by atoms with Gasteiger partial charge in [-0.2, -0.15) is 0 Å². The van der Waals surface area contributed by atoms with E-state index < -0.39 is 28.5 Å². The molecule has 0 saturated heterocycles. The maximum absolute atomic E-state index is 13.9. The van der Waals surface area contributed by atoms with Crippen molar-refractivity contribution < 1.29 is 18.0 Å². The van der Waals surface area contributed by atoms with Gasteiger partial charge in [-0.05, 0) is 82.8 Å². The largest absolute Gasteiger partial charge is 0.352 e. The van der Waals surface area contributed by atoms with E-state index in [4.69, 9.17) is 0 Å². The molecule has 2 amide bonds. The van der Waals surface area contributed by atoms with Crippen LogP contribution < -0.4 is 9.62 Å². The molecule has 0 radical (unpaired) electrons. The number of carbonyl (C=O) groups is 2. The molecule has 9 heteroatoms. The van der Waals surface area contributed by atoms with Gasteiger partial charge in [0.2, 0.25) is 11.8 Å². The van der Waals surface area contributed by atoms with Crippen molar-refractivity contribution in [1.82, 2.24) is 10.2 Å². The van der Waals surface area contributed by atoms with E-state index in [0.717, 1.165) is 25.9 Å². The van der Waals surface area contributed by atoms with Crippen LogP contribution in [0, 0.1) is 13.8 Å². The molecule has 7 nitrogen and oxygen atoms in total. The first kappa shape index (κ1) is 30.2. The lowest BCUT2D eigenvalue weighted by Crippen LogP contribution is -2.52. The van der Waals surface area contributed by atoms with Gasteiger partial charge in [-0.25, -0.2) is 8.42 Å². The van der Waals surface area contributed by atoms with E-state index in [1.54, 1.807) is 43.3 Å². The van der Waals surface area contributed by atoms with E-state index >= 15 is 0 Å². The molecule has 0 spiro atoms. The molecule has 1 N–H and O–H groups in total. The Hall–Kier alpha value is -3.30. The molecule has 0 aromatic heterocycles. The average molecular weight is 568 g/mol. The summed E-state index contributed by atoms with van der Waals surface area (Å²) >= 11 is 1.51. The summed E-state index contributed by atoms with van der Waals surface area (Å²) in [5.41, 5.74) is 3.21. The van der Waals surface area contributed by atoms with Crippen LogP contribution in [0.3, 0.4) is 0 Å². The molecule has 3 aromatic rings. The van der Waals surface area contributed by atoms with E-state index in [2.05, 4.69) is 5.32 Å². The number of benzene rings is 3. The Labute approximate surface area is 236 Å². The van der Waals surface area contributed by atoms with Crippen LogP contribution in [-0.2, 0) is 26.2 Å². The number of aryl methyl sites for hydroxylation is 2. The Bertz CT molecular complexity index is 1390. The summed E-state index contributed by atoms with van der Waals surface area (Å²) in [6, 6.07) is 20.4. The molecule has 0 fully saturated rings. The highest BCUT2D eigenvalue weighted by Gasteiger charge is 2.32. The molecular weight excluding hydrogens is 530 g/mol. The first-order chi connectivity index (χ1) is 18.4. The summed E-state index contributed by atoms with van der Waals surface area (Å²) in [4.78, 5) is 29.4. The van der Waals surface area contributed by atoms with E-state index in [-0.39, 0.29) is 23.4 Å². The van der Waals surface area contributed by atoms with Gasteiger partial charge in [-0.15, -0.1) is 11.8 Å². The number of hydrogen-bond acceptors (Lipinski definition) is 5. The van der Waals surface area contributed by atoms with Crippen LogP contribution >= 0.6 is 11.8 Å². The minimum absolute atomic E-state index is 0.0875. The Morgan fingerprint density at radius 2 is 1.54 bits per heavy atom. The molecule has 1 atom stereocenters. The standard InChI is InChI=1S/C30H37N3O4S2/c1-21(2)31-30(35)24(5)32(19-25-9-7-8-23(4)18-25)29(34)20-33(26-12-10-22(3)11-13-26)39(36,37)28-16-14-27(38-6)15-17-28/h7-18,21,24H,19-20H2,1-6H3,(H,31,35)/t24-/m1/s1. The van der Waals surface area contributed by atoms with Gasteiger partial charge in [-0.3, -0.25) is 13.9 Å². The average Bonchev–Trinajstić information content (AvgIpc) is 2.90. The fourth-order valence-corrected chi connectivity index (χ4v) is 5.93. The van der Waals surface area contributed by atoms with Crippen LogP contribution in [-0.4, -0.2) is 50.0 Å². The second-order valence-electron chi connectivity index (χ2n) is 9.87. The number of amides is 2. The van der Waals surface area contributed by atoms with E-state index in [1.807, 2.05) is 70.3 Å². The van der Waals surface area contributed by atoms with Crippen LogP contribution in [0.5, 0.6) is 0 Å². The Balaban J connectivity index is 2.03. The second kappa shape index (κ2) is 13.2. The molecule has 0 aliphatic rings. The van der Waals surface area contributed by atoms with Crippen LogP contribution in [0.1, 0.15) is 37.5 Å². The van der Waals surface area contributed by atoms with Gasteiger partial charge < -0.3 is 10.2 Å². The van der Waals surface area contributed by atoms with Crippen molar-refractivity contribution in [3.8, 4) is 0 Å². The third kappa shape index (κ3) is 7.86. The van der Waals surface area contributed by atoms with E-state index in [0.29, 0.717) is 5.69 Å². The SMILES string of the molecule is CSc1ccc(S(=O)(=O)N(CC(=O)N(Cc2cccc(C)c2)[C@H](C)C(=O)NC(C)C)c2ccc(C)cc2)cc1. The van der Waals surface area contributed by atoms with Gasteiger partial charge in [0.25, 0.3) is 10.0 Å². The predicted octanol–water partition coefficient (Wildman–Crippen LogP) is 5.16. The lowest BCUT2D eigenvalue weighted by molar-refractivity contribution is -0.139. The lowest BCUT2D eigenvalue weighted by Gasteiger charge is -2.32. The molecule has 39 heavy (non-hydrogen) atoms. The maximum Gasteiger partial charge on any atom is 0.264 e. The molecule has 3 aromatic carbocycles. The number of nitrogens with zero attached hydrogens (tertiary/aromatic N) is 2.